The molecule has 0 aromatic carbocycles. The number of carbonyl (C=O) groups excluding carboxylic acids is 2. The summed E-state index contributed by atoms with van der Waals surface area (Å²) in [6, 6.07) is 0. The van der Waals surface area contributed by atoms with Crippen LogP contribution in [0.3, 0.4) is 0 Å². The Labute approximate surface area is 147 Å². The van der Waals surface area contributed by atoms with Crippen molar-refractivity contribution in [3.05, 3.63) is 0 Å². The molecule has 0 rings (SSSR count). The fourth-order valence-corrected chi connectivity index (χ4v) is 2.62. The van der Waals surface area contributed by atoms with Gasteiger partial charge < -0.3 is 14.6 Å². The Bertz CT molecular complexity index is 304. The van der Waals surface area contributed by atoms with Gasteiger partial charge in [0.05, 0.1) is 6.61 Å². The van der Waals surface area contributed by atoms with E-state index in [1.165, 1.54) is 51.4 Å². The van der Waals surface area contributed by atoms with E-state index >= 15 is 0 Å². The van der Waals surface area contributed by atoms with Crippen molar-refractivity contribution < 1.29 is 24.2 Å². The van der Waals surface area contributed by atoms with E-state index in [0.29, 0.717) is 6.61 Å². The van der Waals surface area contributed by atoms with Crippen LogP contribution in [-0.2, 0) is 14.3 Å². The van der Waals surface area contributed by atoms with E-state index in [0.717, 1.165) is 32.1 Å². The standard InChI is InChI=1S/C19H36O5/c1-2-23-19(22)24-18(21)16-14-12-10-8-6-4-3-5-7-9-11-13-15-17-20/h20H,2-17H2,1H3. The van der Waals surface area contributed by atoms with E-state index in [1.54, 1.807) is 6.92 Å². The lowest BCUT2D eigenvalue weighted by Crippen LogP contribution is -2.13. The lowest BCUT2D eigenvalue weighted by Gasteiger charge is -2.04. The van der Waals surface area contributed by atoms with Crippen molar-refractivity contribution in [1.82, 2.24) is 0 Å². The zero-order valence-electron chi connectivity index (χ0n) is 15.4. The molecule has 0 amide bonds. The lowest BCUT2D eigenvalue weighted by molar-refractivity contribution is -0.139. The first-order valence-electron chi connectivity index (χ1n) is 9.69. The summed E-state index contributed by atoms with van der Waals surface area (Å²) in [5.41, 5.74) is 0. The second-order valence-electron chi connectivity index (χ2n) is 6.23. The minimum atomic E-state index is -0.893. The maximum absolute atomic E-state index is 11.3. The predicted octanol–water partition coefficient (Wildman–Crippen LogP) is 5.14. The summed E-state index contributed by atoms with van der Waals surface area (Å²) in [5, 5.41) is 8.68. The highest BCUT2D eigenvalue weighted by Crippen LogP contribution is 2.13. The van der Waals surface area contributed by atoms with Gasteiger partial charge in [-0.3, -0.25) is 4.79 Å². The van der Waals surface area contributed by atoms with Crippen molar-refractivity contribution in [2.45, 2.75) is 96.8 Å². The summed E-state index contributed by atoms with van der Waals surface area (Å²) in [6.45, 7) is 2.22. The SMILES string of the molecule is CCOC(=O)OC(=O)CCCCCCCCCCCCCCCO. The molecule has 24 heavy (non-hydrogen) atoms. The van der Waals surface area contributed by atoms with E-state index in [-0.39, 0.29) is 13.0 Å². The van der Waals surface area contributed by atoms with Gasteiger partial charge >= 0.3 is 12.1 Å². The average molecular weight is 344 g/mol. The number of aliphatic hydroxyl groups is 1. The summed E-state index contributed by atoms with van der Waals surface area (Å²) >= 11 is 0. The van der Waals surface area contributed by atoms with Gasteiger partial charge in [0, 0.05) is 13.0 Å². The van der Waals surface area contributed by atoms with Crippen LogP contribution in [0.4, 0.5) is 4.79 Å². The maximum atomic E-state index is 11.3. The van der Waals surface area contributed by atoms with Gasteiger partial charge in [-0.25, -0.2) is 4.79 Å². The van der Waals surface area contributed by atoms with E-state index in [1.807, 2.05) is 0 Å². The Hall–Kier alpha value is -1.10. The van der Waals surface area contributed by atoms with E-state index < -0.39 is 12.1 Å². The molecule has 0 aliphatic carbocycles. The summed E-state index contributed by atoms with van der Waals surface area (Å²) < 4.78 is 9.04. The third kappa shape index (κ3) is 17.3. The number of rotatable bonds is 16. The quantitative estimate of drug-likeness (QED) is 0.238. The Morgan fingerprint density at radius 3 is 1.54 bits per heavy atom. The lowest BCUT2D eigenvalue weighted by atomic mass is 10.0. The van der Waals surface area contributed by atoms with Crippen LogP contribution in [0.1, 0.15) is 96.8 Å². The summed E-state index contributed by atoms with van der Waals surface area (Å²) in [6.07, 6.45) is 14.7. The Morgan fingerprint density at radius 2 is 1.12 bits per heavy atom. The zero-order chi connectivity index (χ0) is 17.9. The largest absolute Gasteiger partial charge is 0.516 e. The normalized spacial score (nSPS) is 10.6. The molecule has 5 heteroatoms. The van der Waals surface area contributed by atoms with Crippen LogP contribution in [0.5, 0.6) is 0 Å². The number of aliphatic hydroxyl groups excluding tert-OH is 1. The number of hydrogen-bond donors (Lipinski definition) is 1. The topological polar surface area (TPSA) is 72.8 Å². The van der Waals surface area contributed by atoms with Gasteiger partial charge in [0.2, 0.25) is 0 Å². The second kappa shape index (κ2) is 18.2. The molecule has 5 nitrogen and oxygen atoms in total. The van der Waals surface area contributed by atoms with Gasteiger partial charge in [0.1, 0.15) is 0 Å². The third-order valence-corrected chi connectivity index (χ3v) is 4.00. The first-order chi connectivity index (χ1) is 11.7. The highest BCUT2D eigenvalue weighted by molar-refractivity contribution is 5.81. The number of carbonyl (C=O) groups is 2. The first kappa shape index (κ1) is 22.9. The van der Waals surface area contributed by atoms with Crippen LogP contribution >= 0.6 is 0 Å². The predicted molar refractivity (Wildman–Crippen MR) is 94.8 cm³/mol. The summed E-state index contributed by atoms with van der Waals surface area (Å²) in [4.78, 5) is 22.2. The Morgan fingerprint density at radius 1 is 0.708 bits per heavy atom. The third-order valence-electron chi connectivity index (χ3n) is 4.00. The van der Waals surface area contributed by atoms with Crippen molar-refractivity contribution in [3.63, 3.8) is 0 Å². The molecule has 0 saturated carbocycles. The number of hydrogen-bond acceptors (Lipinski definition) is 5. The van der Waals surface area contributed by atoms with Crippen LogP contribution in [0.25, 0.3) is 0 Å². The van der Waals surface area contributed by atoms with Crippen LogP contribution < -0.4 is 0 Å². The Kier molecular flexibility index (Phi) is 17.4. The smallest absolute Gasteiger partial charge is 0.434 e. The van der Waals surface area contributed by atoms with Crippen LogP contribution in [0.15, 0.2) is 0 Å². The highest BCUT2D eigenvalue weighted by Gasteiger charge is 2.10. The minimum Gasteiger partial charge on any atom is -0.434 e. The second-order valence-corrected chi connectivity index (χ2v) is 6.23. The number of unbranched alkanes of at least 4 members (excludes halogenated alkanes) is 12. The molecule has 0 fully saturated rings. The number of esters is 1. The average Bonchev–Trinajstić information content (AvgIpc) is 2.55. The molecule has 0 spiro atoms. The van der Waals surface area contributed by atoms with Crippen LogP contribution in [0.2, 0.25) is 0 Å². The molecule has 0 bridgehead atoms. The molecule has 0 saturated heterocycles. The van der Waals surface area contributed by atoms with Crippen LogP contribution in [-0.4, -0.2) is 30.4 Å². The molecule has 0 atom stereocenters. The monoisotopic (exact) mass is 344 g/mol. The van der Waals surface area contributed by atoms with Gasteiger partial charge in [0.15, 0.2) is 0 Å². The van der Waals surface area contributed by atoms with Crippen LogP contribution in [0, 0.1) is 0 Å². The molecule has 0 aromatic heterocycles. The van der Waals surface area contributed by atoms with Crippen molar-refractivity contribution in [1.29, 1.82) is 0 Å². The van der Waals surface area contributed by atoms with Crippen molar-refractivity contribution in [2.75, 3.05) is 13.2 Å². The van der Waals surface area contributed by atoms with E-state index in [4.69, 9.17) is 5.11 Å². The van der Waals surface area contributed by atoms with Crippen molar-refractivity contribution in [2.24, 2.45) is 0 Å². The van der Waals surface area contributed by atoms with Gasteiger partial charge in [-0.2, -0.15) is 0 Å². The molecule has 0 aromatic rings. The molecule has 1 N–H and O–H groups in total. The molecule has 0 aliphatic heterocycles. The first-order valence-corrected chi connectivity index (χ1v) is 9.69. The number of ether oxygens (including phenoxy) is 2. The highest BCUT2D eigenvalue weighted by atomic mass is 16.7. The molecule has 0 unspecified atom stereocenters. The molecular weight excluding hydrogens is 308 g/mol. The van der Waals surface area contributed by atoms with Gasteiger partial charge in [0.25, 0.3) is 0 Å². The molecule has 142 valence electrons. The zero-order valence-corrected chi connectivity index (χ0v) is 15.4. The fraction of sp³-hybridized carbons (Fsp3) is 0.895. The van der Waals surface area contributed by atoms with Gasteiger partial charge in [-0.1, -0.05) is 70.6 Å². The van der Waals surface area contributed by atoms with Gasteiger partial charge in [-0.15, -0.1) is 0 Å². The van der Waals surface area contributed by atoms with Crippen molar-refractivity contribution >= 4 is 12.1 Å². The van der Waals surface area contributed by atoms with Crippen molar-refractivity contribution in [3.8, 4) is 0 Å². The molecule has 0 radical (unpaired) electrons. The van der Waals surface area contributed by atoms with Gasteiger partial charge in [-0.05, 0) is 19.8 Å². The molecule has 0 heterocycles. The van der Waals surface area contributed by atoms with E-state index in [9.17, 15) is 9.59 Å². The Balaban J connectivity index is 3.17. The summed E-state index contributed by atoms with van der Waals surface area (Å²) in [5.74, 6) is -0.493. The minimum absolute atomic E-state index is 0.218. The fourth-order valence-electron chi connectivity index (χ4n) is 2.62. The maximum Gasteiger partial charge on any atom is 0.516 e. The van der Waals surface area contributed by atoms with E-state index in [2.05, 4.69) is 9.47 Å². The summed E-state index contributed by atoms with van der Waals surface area (Å²) in [7, 11) is 0. The molecule has 0 aliphatic rings. The molecular formula is C19H36O5.